The van der Waals surface area contributed by atoms with Crippen molar-refractivity contribution in [3.63, 3.8) is 0 Å². The van der Waals surface area contributed by atoms with Crippen LogP contribution in [-0.2, 0) is 4.74 Å². The summed E-state index contributed by atoms with van der Waals surface area (Å²) in [6, 6.07) is 9.89. The van der Waals surface area contributed by atoms with Crippen LogP contribution in [-0.4, -0.2) is 32.0 Å². The number of ether oxygens (including phenoxy) is 1. The molecule has 0 N–H and O–H groups in total. The van der Waals surface area contributed by atoms with Crippen molar-refractivity contribution in [2.45, 2.75) is 52.4 Å². The molecule has 0 fully saturated rings. The van der Waals surface area contributed by atoms with Gasteiger partial charge in [0, 0.05) is 19.7 Å². The number of nitrogens with zero attached hydrogens (tertiary/aromatic N) is 2. The molecule has 4 heteroatoms. The second kappa shape index (κ2) is 12.0. The summed E-state index contributed by atoms with van der Waals surface area (Å²) in [5.41, 5.74) is 3.63. The van der Waals surface area contributed by atoms with Gasteiger partial charge in [0.2, 0.25) is 0 Å². The van der Waals surface area contributed by atoms with Crippen LogP contribution in [0.3, 0.4) is 0 Å². The predicted octanol–water partition coefficient (Wildman–Crippen LogP) is 5.58. The topological polar surface area (TPSA) is 53.3 Å². The second-order valence-electron chi connectivity index (χ2n) is 6.78. The lowest BCUT2D eigenvalue weighted by Gasteiger charge is -2.17. The Morgan fingerprint density at radius 3 is 2.44 bits per heavy atom. The van der Waals surface area contributed by atoms with Gasteiger partial charge in [-0.25, -0.2) is 0 Å². The zero-order valence-electron chi connectivity index (χ0n) is 17.3. The summed E-state index contributed by atoms with van der Waals surface area (Å²) in [4.78, 5) is 14.1. The largest absolute Gasteiger partial charge is 0.496 e. The molecule has 27 heavy (non-hydrogen) atoms. The van der Waals surface area contributed by atoms with Crippen molar-refractivity contribution in [2.75, 3.05) is 21.2 Å². The van der Waals surface area contributed by atoms with Gasteiger partial charge in [-0.05, 0) is 48.1 Å². The Balaban J connectivity index is 3.53. The summed E-state index contributed by atoms with van der Waals surface area (Å²) in [6.07, 6.45) is 7.14. The summed E-state index contributed by atoms with van der Waals surface area (Å²) in [5, 5.41) is 9.22. The van der Waals surface area contributed by atoms with Crippen molar-refractivity contribution >= 4 is 12.0 Å². The van der Waals surface area contributed by atoms with Gasteiger partial charge in [0.05, 0.1) is 19.6 Å². The maximum absolute atomic E-state index is 12.5. The number of carbonyl (C=O) groups excluding carboxylic acids is 1. The lowest BCUT2D eigenvalue weighted by molar-refractivity contribution is 0.0827. The van der Waals surface area contributed by atoms with Crippen LogP contribution in [0, 0.1) is 11.3 Å². The van der Waals surface area contributed by atoms with Crippen molar-refractivity contribution in [2.24, 2.45) is 0 Å². The van der Waals surface area contributed by atoms with Crippen molar-refractivity contribution in [3.05, 3.63) is 52.3 Å². The molecule has 0 radical (unpaired) electrons. The molecule has 0 aliphatic rings. The molecule has 0 saturated carbocycles. The first kappa shape index (κ1) is 22.5. The zero-order valence-corrected chi connectivity index (χ0v) is 17.3. The Morgan fingerprint density at radius 2 is 1.89 bits per heavy atom. The first-order valence-corrected chi connectivity index (χ1v) is 9.64. The molecule has 0 aromatic heterocycles. The summed E-state index contributed by atoms with van der Waals surface area (Å²) in [7, 11) is 5.18. The predicted molar refractivity (Wildman–Crippen MR) is 111 cm³/mol. The molecule has 0 aliphatic heterocycles. The van der Waals surface area contributed by atoms with E-state index in [4.69, 9.17) is 4.74 Å². The highest BCUT2D eigenvalue weighted by molar-refractivity contribution is 5.97. The normalized spacial score (nSPS) is 12.2. The number of methoxy groups -OCH3 is 1. The van der Waals surface area contributed by atoms with Crippen LogP contribution >= 0.6 is 0 Å². The maximum atomic E-state index is 12.5. The molecule has 0 heterocycles. The molecule has 1 aromatic carbocycles. The van der Waals surface area contributed by atoms with Crippen LogP contribution in [0.15, 0.2) is 41.2 Å². The molecule has 0 spiro atoms. The highest BCUT2D eigenvalue weighted by Crippen LogP contribution is 2.28. The molecular weight excluding hydrogens is 336 g/mol. The summed E-state index contributed by atoms with van der Waals surface area (Å²) < 4.78 is 5.76. The number of amides is 1. The van der Waals surface area contributed by atoms with Gasteiger partial charge in [-0.15, -0.1) is 0 Å². The van der Waals surface area contributed by atoms with Crippen LogP contribution in [0.5, 0.6) is 0 Å². The third-order valence-corrected chi connectivity index (χ3v) is 4.39. The molecule has 146 valence electrons. The van der Waals surface area contributed by atoms with Gasteiger partial charge in [-0.3, -0.25) is 4.79 Å². The Hall–Kier alpha value is -2.54. The van der Waals surface area contributed by atoms with E-state index in [0.29, 0.717) is 12.0 Å². The van der Waals surface area contributed by atoms with Crippen LogP contribution in [0.25, 0.3) is 6.08 Å². The van der Waals surface area contributed by atoms with Crippen LogP contribution in [0.1, 0.15) is 68.3 Å². The van der Waals surface area contributed by atoms with E-state index < -0.39 is 0 Å². The van der Waals surface area contributed by atoms with E-state index in [1.807, 2.05) is 24.3 Å². The fourth-order valence-electron chi connectivity index (χ4n) is 3.05. The number of nitriles is 1. The van der Waals surface area contributed by atoms with Gasteiger partial charge >= 0.3 is 0 Å². The fourth-order valence-corrected chi connectivity index (χ4v) is 3.05. The highest BCUT2D eigenvalue weighted by Gasteiger charge is 2.16. The minimum atomic E-state index is -0.0227. The van der Waals surface area contributed by atoms with Crippen LogP contribution in [0.2, 0.25) is 0 Å². The molecule has 1 amide bonds. The van der Waals surface area contributed by atoms with E-state index in [1.165, 1.54) is 0 Å². The average Bonchev–Trinajstić information content (AvgIpc) is 2.66. The minimum Gasteiger partial charge on any atom is -0.496 e. The summed E-state index contributed by atoms with van der Waals surface area (Å²) in [6.45, 7) is 4.25. The quantitative estimate of drug-likeness (QED) is 0.400. The lowest BCUT2D eigenvalue weighted by atomic mass is 9.95. The maximum Gasteiger partial charge on any atom is 0.253 e. The molecule has 0 aliphatic carbocycles. The third-order valence-electron chi connectivity index (χ3n) is 4.39. The van der Waals surface area contributed by atoms with E-state index in [-0.39, 0.29) is 5.91 Å². The number of rotatable bonds is 10. The lowest BCUT2D eigenvalue weighted by Crippen LogP contribution is -2.22. The zero-order chi connectivity index (χ0) is 20.2. The monoisotopic (exact) mass is 368 g/mol. The number of carbonyl (C=O) groups is 1. The first-order chi connectivity index (χ1) is 13.0. The molecule has 1 rings (SSSR count). The van der Waals surface area contributed by atoms with E-state index in [0.717, 1.165) is 54.6 Å². The summed E-state index contributed by atoms with van der Waals surface area (Å²) in [5.74, 6) is 0.782. The highest BCUT2D eigenvalue weighted by atomic mass is 16.5. The van der Waals surface area contributed by atoms with E-state index >= 15 is 0 Å². The van der Waals surface area contributed by atoms with Crippen molar-refractivity contribution in [3.8, 4) is 6.07 Å². The van der Waals surface area contributed by atoms with Gasteiger partial charge in [0.25, 0.3) is 5.91 Å². The summed E-state index contributed by atoms with van der Waals surface area (Å²) >= 11 is 0. The first-order valence-electron chi connectivity index (χ1n) is 9.64. The number of hydrogen-bond acceptors (Lipinski definition) is 3. The van der Waals surface area contributed by atoms with E-state index in [1.54, 1.807) is 26.1 Å². The molecule has 0 saturated heterocycles. The van der Waals surface area contributed by atoms with Crippen molar-refractivity contribution in [1.82, 2.24) is 4.90 Å². The smallest absolute Gasteiger partial charge is 0.253 e. The Morgan fingerprint density at radius 1 is 1.19 bits per heavy atom. The van der Waals surface area contributed by atoms with Crippen molar-refractivity contribution in [1.29, 1.82) is 5.26 Å². The molecular formula is C23H32N2O2. The van der Waals surface area contributed by atoms with Crippen LogP contribution in [0.4, 0.5) is 0 Å². The number of allylic oxidation sites excluding steroid dienone is 2. The van der Waals surface area contributed by atoms with Gasteiger partial charge in [0.15, 0.2) is 0 Å². The molecule has 4 nitrogen and oxygen atoms in total. The number of hydrogen-bond donors (Lipinski definition) is 0. The third kappa shape index (κ3) is 6.60. The Labute approximate surface area is 164 Å². The van der Waals surface area contributed by atoms with Gasteiger partial charge < -0.3 is 9.64 Å². The second-order valence-corrected chi connectivity index (χ2v) is 6.78. The van der Waals surface area contributed by atoms with Gasteiger partial charge in [-0.1, -0.05) is 44.9 Å². The van der Waals surface area contributed by atoms with E-state index in [9.17, 15) is 10.1 Å². The Bertz CT molecular complexity index is 724. The average molecular weight is 369 g/mol. The van der Waals surface area contributed by atoms with Gasteiger partial charge in [0.1, 0.15) is 5.76 Å². The standard InChI is InChI=1S/C23H32N2O2/c1-6-8-12-20(22(27-5)18(11-7-2)15-16-24)17-19-13-9-10-14-21(19)23(26)25(3)4/h9-10,13-14,17H,6-8,11-12,15H2,1-5H3/b20-17+,22-18+. The molecule has 1 aromatic rings. The van der Waals surface area contributed by atoms with Crippen molar-refractivity contribution < 1.29 is 9.53 Å². The minimum absolute atomic E-state index is 0.0227. The molecule has 0 bridgehead atoms. The van der Waals surface area contributed by atoms with Gasteiger partial charge in [-0.2, -0.15) is 5.26 Å². The number of unbranched alkanes of at least 4 members (excludes halogenated alkanes) is 1. The SMILES string of the molecule is CCCCC(=C\c1ccccc1C(=O)N(C)C)/C(OC)=C(\CC#N)CCC. The molecule has 0 atom stereocenters. The Kier molecular flexibility index (Phi) is 9.96. The van der Waals surface area contributed by atoms with Crippen LogP contribution < -0.4 is 0 Å². The fraction of sp³-hybridized carbons (Fsp3) is 0.478. The molecule has 0 unspecified atom stereocenters. The number of benzene rings is 1. The van der Waals surface area contributed by atoms with E-state index in [2.05, 4.69) is 26.0 Å².